The maximum absolute atomic E-state index is 13.2. The third kappa shape index (κ3) is 5.14. The molecule has 2 aliphatic heterocycles. The maximum atomic E-state index is 13.2. The Bertz CT molecular complexity index is 1230. The van der Waals surface area contributed by atoms with E-state index in [1.165, 1.54) is 24.3 Å². The van der Waals surface area contributed by atoms with E-state index in [-0.39, 0.29) is 47.1 Å². The molecule has 184 valence electrons. The number of aromatic nitrogens is 4. The standard InChI is InChI=1S/C22H18F6N6O/c23-21(24,25)16-3-1-2-13(31-16)20-33-18(30-11-6-7-29-17(8-11)22(26,27)28)10-19(34-20)32-14-9-12-4-5-15(14)35-12/h1-3,6-8,10,12,14-15H,4-5,9H2,(H2,29,30,32,33,34). The van der Waals surface area contributed by atoms with Gasteiger partial charge in [0.1, 0.15) is 28.7 Å². The van der Waals surface area contributed by atoms with Crippen LogP contribution in [0, 0.1) is 0 Å². The second-order valence-corrected chi connectivity index (χ2v) is 8.28. The Morgan fingerprint density at radius 2 is 1.63 bits per heavy atom. The number of nitrogens with one attached hydrogen (secondary N) is 2. The molecule has 2 saturated heterocycles. The van der Waals surface area contributed by atoms with E-state index >= 15 is 0 Å². The van der Waals surface area contributed by atoms with Gasteiger partial charge in [0.05, 0.1) is 18.2 Å². The Labute approximate surface area is 195 Å². The summed E-state index contributed by atoms with van der Waals surface area (Å²) in [5, 5.41) is 5.99. The maximum Gasteiger partial charge on any atom is 0.433 e. The first-order chi connectivity index (χ1) is 16.5. The molecule has 2 aliphatic rings. The quantitative estimate of drug-likeness (QED) is 0.455. The zero-order valence-corrected chi connectivity index (χ0v) is 17.9. The molecular formula is C22H18F6N6O. The zero-order chi connectivity index (χ0) is 24.8. The molecule has 0 radical (unpaired) electrons. The number of anilines is 3. The normalized spacial score (nSPS) is 21.8. The molecule has 5 rings (SSSR count). The summed E-state index contributed by atoms with van der Waals surface area (Å²) in [5.41, 5.74) is -2.31. The molecule has 0 aromatic carbocycles. The predicted octanol–water partition coefficient (Wildman–Crippen LogP) is 5.45. The van der Waals surface area contributed by atoms with E-state index in [1.807, 2.05) is 0 Å². The Kier molecular flexibility index (Phi) is 5.74. The summed E-state index contributed by atoms with van der Waals surface area (Å²) >= 11 is 0. The van der Waals surface area contributed by atoms with Gasteiger partial charge in [0, 0.05) is 18.0 Å². The molecule has 0 amide bonds. The van der Waals surface area contributed by atoms with Gasteiger partial charge in [-0.3, -0.25) is 4.98 Å². The first kappa shape index (κ1) is 23.3. The molecule has 0 spiro atoms. The number of ether oxygens (including phenoxy) is 1. The van der Waals surface area contributed by atoms with Crippen molar-refractivity contribution in [2.24, 2.45) is 0 Å². The third-order valence-corrected chi connectivity index (χ3v) is 5.76. The third-order valence-electron chi connectivity index (χ3n) is 5.76. The Morgan fingerprint density at radius 1 is 0.857 bits per heavy atom. The van der Waals surface area contributed by atoms with Gasteiger partial charge < -0.3 is 15.4 Å². The number of pyridine rings is 2. The fourth-order valence-corrected chi connectivity index (χ4v) is 4.21. The van der Waals surface area contributed by atoms with Crippen LogP contribution in [0.3, 0.4) is 0 Å². The van der Waals surface area contributed by atoms with E-state index in [0.29, 0.717) is 0 Å². The predicted molar refractivity (Wildman–Crippen MR) is 113 cm³/mol. The molecule has 2 bridgehead atoms. The van der Waals surface area contributed by atoms with E-state index in [1.54, 1.807) is 0 Å². The van der Waals surface area contributed by atoms with Crippen LogP contribution in [0.1, 0.15) is 30.7 Å². The van der Waals surface area contributed by atoms with Crippen molar-refractivity contribution in [1.82, 2.24) is 19.9 Å². The van der Waals surface area contributed by atoms with Crippen LogP contribution in [-0.4, -0.2) is 38.2 Å². The summed E-state index contributed by atoms with van der Waals surface area (Å²) in [4.78, 5) is 15.5. The molecule has 3 aromatic rings. The summed E-state index contributed by atoms with van der Waals surface area (Å²) in [6.07, 6.45) is -5.62. The van der Waals surface area contributed by atoms with Crippen LogP contribution in [0.4, 0.5) is 43.7 Å². The number of alkyl halides is 6. The van der Waals surface area contributed by atoms with Crippen LogP contribution in [0.25, 0.3) is 11.5 Å². The Balaban J connectivity index is 1.50. The number of rotatable bonds is 5. The lowest BCUT2D eigenvalue weighted by atomic mass is 9.95. The van der Waals surface area contributed by atoms with Crippen molar-refractivity contribution in [1.29, 1.82) is 0 Å². The Morgan fingerprint density at radius 3 is 2.31 bits per heavy atom. The average molecular weight is 496 g/mol. The summed E-state index contributed by atoms with van der Waals surface area (Å²) in [6.45, 7) is 0. The molecule has 0 aliphatic carbocycles. The second kappa shape index (κ2) is 8.63. The van der Waals surface area contributed by atoms with Crippen molar-refractivity contribution >= 4 is 17.3 Å². The van der Waals surface area contributed by atoms with E-state index in [4.69, 9.17) is 4.74 Å². The molecule has 5 heterocycles. The van der Waals surface area contributed by atoms with Crippen molar-refractivity contribution in [2.75, 3.05) is 10.6 Å². The topological polar surface area (TPSA) is 84.9 Å². The van der Waals surface area contributed by atoms with Gasteiger partial charge in [-0.2, -0.15) is 26.3 Å². The van der Waals surface area contributed by atoms with Crippen LogP contribution in [0.5, 0.6) is 0 Å². The van der Waals surface area contributed by atoms with Crippen LogP contribution < -0.4 is 10.6 Å². The summed E-state index contributed by atoms with van der Waals surface area (Å²) < 4.78 is 84.5. The van der Waals surface area contributed by atoms with Gasteiger partial charge in [-0.1, -0.05) is 6.07 Å². The minimum atomic E-state index is -4.67. The SMILES string of the molecule is FC(F)(F)c1cc(Nc2cc(NC3CC4CCC3O4)nc(-c3cccc(C(F)(F)F)n3)n2)ccn1. The van der Waals surface area contributed by atoms with E-state index in [0.717, 1.165) is 37.6 Å². The van der Waals surface area contributed by atoms with Crippen molar-refractivity contribution in [3.8, 4) is 11.5 Å². The minimum Gasteiger partial charge on any atom is -0.373 e. The lowest BCUT2D eigenvalue weighted by molar-refractivity contribution is -0.141. The molecule has 2 N–H and O–H groups in total. The van der Waals surface area contributed by atoms with Crippen LogP contribution in [-0.2, 0) is 17.1 Å². The Hall–Kier alpha value is -3.48. The molecule has 7 nitrogen and oxygen atoms in total. The fourth-order valence-electron chi connectivity index (χ4n) is 4.21. The molecule has 3 atom stereocenters. The first-order valence-corrected chi connectivity index (χ1v) is 10.7. The van der Waals surface area contributed by atoms with Crippen LogP contribution in [0.2, 0.25) is 0 Å². The molecule has 3 unspecified atom stereocenters. The summed E-state index contributed by atoms with van der Waals surface area (Å²) in [6, 6.07) is 6.87. The largest absolute Gasteiger partial charge is 0.433 e. The molecule has 13 heteroatoms. The highest BCUT2D eigenvalue weighted by Crippen LogP contribution is 2.36. The summed E-state index contributed by atoms with van der Waals surface area (Å²) in [7, 11) is 0. The van der Waals surface area contributed by atoms with Crippen molar-refractivity contribution in [2.45, 2.75) is 49.9 Å². The molecule has 3 aromatic heterocycles. The first-order valence-electron chi connectivity index (χ1n) is 10.7. The lowest BCUT2D eigenvalue weighted by Crippen LogP contribution is -2.30. The highest BCUT2D eigenvalue weighted by Gasteiger charge is 2.41. The molecule has 0 saturated carbocycles. The number of hydrogen-bond donors (Lipinski definition) is 2. The summed E-state index contributed by atoms with van der Waals surface area (Å²) in [5.74, 6) is 0.223. The van der Waals surface area contributed by atoms with E-state index < -0.39 is 23.7 Å². The van der Waals surface area contributed by atoms with Gasteiger partial charge in [0.25, 0.3) is 0 Å². The van der Waals surface area contributed by atoms with Gasteiger partial charge in [-0.25, -0.2) is 15.0 Å². The second-order valence-electron chi connectivity index (χ2n) is 8.28. The highest BCUT2D eigenvalue weighted by molar-refractivity contribution is 5.64. The van der Waals surface area contributed by atoms with Gasteiger partial charge in [-0.05, 0) is 43.5 Å². The van der Waals surface area contributed by atoms with Crippen molar-refractivity contribution in [3.63, 3.8) is 0 Å². The monoisotopic (exact) mass is 496 g/mol. The van der Waals surface area contributed by atoms with Crippen molar-refractivity contribution < 1.29 is 31.1 Å². The molecule has 2 fully saturated rings. The van der Waals surface area contributed by atoms with Gasteiger partial charge in [-0.15, -0.1) is 0 Å². The lowest BCUT2D eigenvalue weighted by Gasteiger charge is -2.21. The molecule has 35 heavy (non-hydrogen) atoms. The van der Waals surface area contributed by atoms with Crippen LogP contribution in [0.15, 0.2) is 42.6 Å². The number of hydrogen-bond acceptors (Lipinski definition) is 7. The van der Waals surface area contributed by atoms with E-state index in [9.17, 15) is 26.3 Å². The number of halogens is 6. The van der Waals surface area contributed by atoms with Crippen LogP contribution >= 0.6 is 0 Å². The number of fused-ring (bicyclic) bond motifs is 2. The van der Waals surface area contributed by atoms with Gasteiger partial charge in [0.15, 0.2) is 5.82 Å². The molecular weight excluding hydrogens is 478 g/mol. The average Bonchev–Trinajstić information content (AvgIpc) is 3.41. The highest BCUT2D eigenvalue weighted by atomic mass is 19.4. The van der Waals surface area contributed by atoms with Gasteiger partial charge >= 0.3 is 12.4 Å². The smallest absolute Gasteiger partial charge is 0.373 e. The van der Waals surface area contributed by atoms with Crippen molar-refractivity contribution in [3.05, 3.63) is 54.0 Å². The zero-order valence-electron chi connectivity index (χ0n) is 17.9. The number of nitrogens with zero attached hydrogens (tertiary/aromatic N) is 4. The van der Waals surface area contributed by atoms with Gasteiger partial charge in [0.2, 0.25) is 0 Å². The van der Waals surface area contributed by atoms with E-state index in [2.05, 4.69) is 30.6 Å². The minimum absolute atomic E-state index is 0.0175. The fraction of sp³-hybridized carbons (Fsp3) is 0.364.